The van der Waals surface area contributed by atoms with Gasteiger partial charge in [-0.15, -0.1) is 11.6 Å². The first-order chi connectivity index (χ1) is 10.2. The summed E-state index contributed by atoms with van der Waals surface area (Å²) in [6, 6.07) is 6.56. The molecule has 1 atom stereocenters. The first-order valence-corrected chi connectivity index (χ1v) is 8.88. The van der Waals surface area contributed by atoms with Crippen molar-refractivity contribution in [1.82, 2.24) is 4.90 Å². The number of alkyl halides is 1. The second kappa shape index (κ2) is 8.36. The smallest absolute Gasteiger partial charge is 0.306 e. The van der Waals surface area contributed by atoms with Crippen molar-refractivity contribution in [2.75, 3.05) is 26.5 Å². The number of rotatable bonds is 8. The van der Waals surface area contributed by atoms with E-state index >= 15 is 0 Å². The Kier molecular flexibility index (Phi) is 7.12. The molecule has 124 valence electrons. The third kappa shape index (κ3) is 6.64. The molecular weight excluding hydrogens is 330 g/mol. The zero-order valence-corrected chi connectivity index (χ0v) is 14.4. The fraction of sp³-hybridized carbons (Fsp3) is 0.500. The Hall–Kier alpha value is -1.31. The maximum atomic E-state index is 12.1. The van der Waals surface area contributed by atoms with Crippen LogP contribution in [0.15, 0.2) is 24.3 Å². The standard InChI is InChI=1S/C14H20ClNO5S/c1-11(15)14(17)16(7-8-20-2)10-12-5-4-6-13(9-12)21-22(3,18)19/h4-6,9,11H,7-8,10H2,1-3H3/t11-/m0/s1. The predicted octanol–water partition coefficient (Wildman–Crippen LogP) is 1.63. The maximum absolute atomic E-state index is 12.1. The summed E-state index contributed by atoms with van der Waals surface area (Å²) in [7, 11) is -2.04. The molecule has 0 aromatic heterocycles. The van der Waals surface area contributed by atoms with Crippen LogP contribution in [0.5, 0.6) is 5.75 Å². The van der Waals surface area contributed by atoms with Crippen molar-refractivity contribution >= 4 is 27.6 Å². The fourth-order valence-corrected chi connectivity index (χ4v) is 2.40. The van der Waals surface area contributed by atoms with Crippen molar-refractivity contribution in [1.29, 1.82) is 0 Å². The van der Waals surface area contributed by atoms with E-state index in [4.69, 9.17) is 20.5 Å². The summed E-state index contributed by atoms with van der Waals surface area (Å²) in [6.45, 7) is 2.67. The molecule has 6 nitrogen and oxygen atoms in total. The zero-order chi connectivity index (χ0) is 16.8. The topological polar surface area (TPSA) is 72.9 Å². The first kappa shape index (κ1) is 18.7. The lowest BCUT2D eigenvalue weighted by atomic mass is 10.2. The number of benzene rings is 1. The molecule has 0 unspecified atom stereocenters. The molecule has 0 aliphatic carbocycles. The van der Waals surface area contributed by atoms with Crippen LogP contribution in [0.3, 0.4) is 0 Å². The Morgan fingerprint density at radius 1 is 1.41 bits per heavy atom. The van der Waals surface area contributed by atoms with Gasteiger partial charge >= 0.3 is 10.1 Å². The minimum atomic E-state index is -3.59. The minimum Gasteiger partial charge on any atom is -0.383 e. The molecule has 0 spiro atoms. The Bertz CT molecular complexity index is 603. The Balaban J connectivity index is 2.88. The molecule has 0 radical (unpaired) electrons. The molecule has 1 amide bonds. The van der Waals surface area contributed by atoms with E-state index in [2.05, 4.69) is 0 Å². The highest BCUT2D eigenvalue weighted by molar-refractivity contribution is 7.86. The third-order valence-electron chi connectivity index (χ3n) is 2.74. The normalized spacial score (nSPS) is 12.7. The van der Waals surface area contributed by atoms with Crippen molar-refractivity contribution in [3.8, 4) is 5.75 Å². The zero-order valence-electron chi connectivity index (χ0n) is 12.8. The van der Waals surface area contributed by atoms with Gasteiger partial charge in [-0.1, -0.05) is 12.1 Å². The van der Waals surface area contributed by atoms with Crippen LogP contribution in [-0.2, 0) is 26.2 Å². The van der Waals surface area contributed by atoms with Gasteiger partial charge in [-0.25, -0.2) is 0 Å². The number of halogens is 1. The fourth-order valence-electron chi connectivity index (χ4n) is 1.81. The van der Waals surface area contributed by atoms with E-state index in [0.29, 0.717) is 19.7 Å². The van der Waals surface area contributed by atoms with Crippen molar-refractivity contribution in [3.05, 3.63) is 29.8 Å². The number of methoxy groups -OCH3 is 1. The van der Waals surface area contributed by atoms with Crippen LogP contribution >= 0.6 is 11.6 Å². The number of ether oxygens (including phenoxy) is 1. The van der Waals surface area contributed by atoms with Gasteiger partial charge in [0, 0.05) is 20.2 Å². The molecule has 0 N–H and O–H groups in total. The lowest BCUT2D eigenvalue weighted by molar-refractivity contribution is -0.131. The summed E-state index contributed by atoms with van der Waals surface area (Å²) >= 11 is 5.85. The van der Waals surface area contributed by atoms with E-state index in [1.54, 1.807) is 37.1 Å². The molecule has 0 heterocycles. The van der Waals surface area contributed by atoms with Gasteiger partial charge in [-0.2, -0.15) is 8.42 Å². The Morgan fingerprint density at radius 2 is 2.09 bits per heavy atom. The third-order valence-corrected chi connectivity index (χ3v) is 3.42. The van der Waals surface area contributed by atoms with Crippen LogP contribution in [0.1, 0.15) is 12.5 Å². The molecule has 1 aromatic rings. The van der Waals surface area contributed by atoms with E-state index in [1.807, 2.05) is 0 Å². The van der Waals surface area contributed by atoms with Crippen LogP contribution in [0.4, 0.5) is 0 Å². The Labute approximate surface area is 136 Å². The summed E-state index contributed by atoms with van der Waals surface area (Å²) in [5.74, 6) is -0.00814. The molecule has 0 saturated carbocycles. The van der Waals surface area contributed by atoms with Gasteiger partial charge in [0.2, 0.25) is 5.91 Å². The summed E-state index contributed by atoms with van der Waals surface area (Å²) in [5, 5.41) is -0.646. The van der Waals surface area contributed by atoms with Crippen LogP contribution < -0.4 is 4.18 Å². The lowest BCUT2D eigenvalue weighted by Gasteiger charge is -2.23. The van der Waals surface area contributed by atoms with E-state index in [1.165, 1.54) is 6.07 Å². The van der Waals surface area contributed by atoms with Gasteiger partial charge in [0.1, 0.15) is 11.1 Å². The molecule has 1 aromatic carbocycles. The van der Waals surface area contributed by atoms with Gasteiger partial charge in [0.15, 0.2) is 0 Å². The second-order valence-electron chi connectivity index (χ2n) is 4.80. The van der Waals surface area contributed by atoms with Crippen LogP contribution in [0.25, 0.3) is 0 Å². The molecule has 22 heavy (non-hydrogen) atoms. The number of nitrogens with zero attached hydrogens (tertiary/aromatic N) is 1. The Morgan fingerprint density at radius 3 is 2.64 bits per heavy atom. The van der Waals surface area contributed by atoms with Gasteiger partial charge in [0.25, 0.3) is 0 Å². The van der Waals surface area contributed by atoms with Crippen molar-refractivity contribution < 1.29 is 22.1 Å². The summed E-state index contributed by atoms with van der Waals surface area (Å²) in [5.41, 5.74) is 0.739. The van der Waals surface area contributed by atoms with E-state index in [0.717, 1.165) is 11.8 Å². The molecule has 1 rings (SSSR count). The molecular formula is C14H20ClNO5S. The highest BCUT2D eigenvalue weighted by Gasteiger charge is 2.19. The van der Waals surface area contributed by atoms with Crippen molar-refractivity contribution in [3.63, 3.8) is 0 Å². The minimum absolute atomic E-state index is 0.207. The average molecular weight is 350 g/mol. The first-order valence-electron chi connectivity index (χ1n) is 6.63. The lowest BCUT2D eigenvalue weighted by Crippen LogP contribution is -2.37. The molecule has 0 saturated heterocycles. The van der Waals surface area contributed by atoms with Crippen LogP contribution in [-0.4, -0.2) is 51.1 Å². The summed E-state index contributed by atoms with van der Waals surface area (Å²) in [6.07, 6.45) is 0.975. The van der Waals surface area contributed by atoms with Crippen molar-refractivity contribution in [2.24, 2.45) is 0 Å². The molecule has 0 bridgehead atoms. The highest BCUT2D eigenvalue weighted by Crippen LogP contribution is 2.17. The van der Waals surface area contributed by atoms with E-state index < -0.39 is 15.5 Å². The molecule has 0 aliphatic rings. The number of hydrogen-bond donors (Lipinski definition) is 0. The van der Waals surface area contributed by atoms with Crippen LogP contribution in [0.2, 0.25) is 0 Å². The second-order valence-corrected chi connectivity index (χ2v) is 7.03. The molecule has 8 heteroatoms. The van der Waals surface area contributed by atoms with Gasteiger partial charge < -0.3 is 13.8 Å². The van der Waals surface area contributed by atoms with Crippen molar-refractivity contribution in [2.45, 2.75) is 18.8 Å². The highest BCUT2D eigenvalue weighted by atomic mass is 35.5. The van der Waals surface area contributed by atoms with Gasteiger partial charge in [0.05, 0.1) is 12.9 Å². The molecule has 0 aliphatic heterocycles. The number of hydrogen-bond acceptors (Lipinski definition) is 5. The largest absolute Gasteiger partial charge is 0.383 e. The van der Waals surface area contributed by atoms with E-state index in [-0.39, 0.29) is 11.7 Å². The van der Waals surface area contributed by atoms with E-state index in [9.17, 15) is 13.2 Å². The summed E-state index contributed by atoms with van der Waals surface area (Å²) < 4.78 is 32.1. The average Bonchev–Trinajstić information content (AvgIpc) is 2.41. The summed E-state index contributed by atoms with van der Waals surface area (Å²) in [4.78, 5) is 13.6. The quantitative estimate of drug-likeness (QED) is 0.527. The SMILES string of the molecule is COCCN(Cc1cccc(OS(C)(=O)=O)c1)C(=O)[C@H](C)Cl. The molecule has 0 fully saturated rings. The van der Waals surface area contributed by atoms with Crippen LogP contribution in [0, 0.1) is 0 Å². The van der Waals surface area contributed by atoms with Gasteiger partial charge in [-0.05, 0) is 24.6 Å². The number of carbonyl (C=O) groups excluding carboxylic acids is 1. The van der Waals surface area contributed by atoms with Gasteiger partial charge in [-0.3, -0.25) is 4.79 Å². The monoisotopic (exact) mass is 349 g/mol. The predicted molar refractivity (Wildman–Crippen MR) is 84.5 cm³/mol. The maximum Gasteiger partial charge on any atom is 0.306 e. The number of amides is 1. The number of carbonyl (C=O) groups is 1.